The number of pyridine rings is 2. The number of carboxylic acid groups (broad SMARTS) is 1. The van der Waals surface area contributed by atoms with Crippen LogP contribution in [0.2, 0.25) is 0 Å². The predicted molar refractivity (Wildman–Crippen MR) is 129 cm³/mol. The summed E-state index contributed by atoms with van der Waals surface area (Å²) in [6.07, 6.45) is 5.20. The number of hydrogen-bond donors (Lipinski definition) is 1. The number of amides is 1. The van der Waals surface area contributed by atoms with Gasteiger partial charge in [-0.15, -0.1) is 0 Å². The lowest BCUT2D eigenvalue weighted by molar-refractivity contribution is 0.0158. The summed E-state index contributed by atoms with van der Waals surface area (Å²) in [6, 6.07) is 1.54. The molecule has 2 aromatic rings. The molecule has 5 rings (SSSR count). The number of carbonyl (C=O) groups excluding carboxylic acids is 1. The number of anilines is 1. The zero-order valence-corrected chi connectivity index (χ0v) is 20.6. The maximum absolute atomic E-state index is 15.5. The van der Waals surface area contributed by atoms with Crippen LogP contribution in [0.5, 0.6) is 0 Å². The molecule has 1 atom stereocenters. The first kappa shape index (κ1) is 23.6. The van der Waals surface area contributed by atoms with Gasteiger partial charge in [0.2, 0.25) is 0 Å². The molecule has 1 saturated heterocycles. The molecule has 8 nitrogen and oxygen atoms in total. The molecule has 0 unspecified atom stereocenters. The van der Waals surface area contributed by atoms with Gasteiger partial charge in [0.25, 0.3) is 5.56 Å². The maximum Gasteiger partial charge on any atom is 0.410 e. The Labute approximate surface area is 203 Å². The normalized spacial score (nSPS) is 20.4. The van der Waals surface area contributed by atoms with Gasteiger partial charge in [0, 0.05) is 19.1 Å². The summed E-state index contributed by atoms with van der Waals surface area (Å²) < 4.78 is 22.3. The number of aromatic carboxylic acids is 1. The molecule has 0 spiro atoms. The van der Waals surface area contributed by atoms with Crippen molar-refractivity contribution < 1.29 is 23.8 Å². The van der Waals surface area contributed by atoms with Gasteiger partial charge in [-0.3, -0.25) is 9.20 Å². The van der Waals surface area contributed by atoms with E-state index in [-0.39, 0.29) is 29.7 Å². The minimum Gasteiger partial charge on any atom is -0.477 e. The average molecular weight is 486 g/mol. The first-order valence-corrected chi connectivity index (χ1v) is 12.3. The molecule has 1 amide bonds. The number of ether oxygens (including phenoxy) is 1. The Balaban J connectivity index is 1.52. The van der Waals surface area contributed by atoms with E-state index in [1.165, 1.54) is 6.07 Å². The second-order valence-corrected chi connectivity index (χ2v) is 11.1. The van der Waals surface area contributed by atoms with E-state index >= 15 is 4.39 Å². The molecule has 0 radical (unpaired) electrons. The number of halogens is 1. The second kappa shape index (κ2) is 8.24. The van der Waals surface area contributed by atoms with Crippen molar-refractivity contribution in [2.75, 3.05) is 18.0 Å². The van der Waals surface area contributed by atoms with E-state index in [4.69, 9.17) is 4.74 Å². The number of nitrogens with zero attached hydrogens (tertiary/aromatic N) is 3. The van der Waals surface area contributed by atoms with E-state index in [0.29, 0.717) is 36.3 Å². The van der Waals surface area contributed by atoms with Gasteiger partial charge >= 0.3 is 12.1 Å². The van der Waals surface area contributed by atoms with Crippen LogP contribution in [0.3, 0.4) is 0 Å². The molecule has 2 saturated carbocycles. The Kier molecular flexibility index (Phi) is 5.56. The Morgan fingerprint density at radius 2 is 1.83 bits per heavy atom. The van der Waals surface area contributed by atoms with Gasteiger partial charge < -0.3 is 19.6 Å². The minimum atomic E-state index is -1.31. The third-order valence-electron chi connectivity index (χ3n) is 7.11. The van der Waals surface area contributed by atoms with Crippen molar-refractivity contribution in [1.82, 2.24) is 9.30 Å². The molecule has 3 heterocycles. The topological polar surface area (TPSA) is 91.6 Å². The number of carbonyl (C=O) groups is 2. The predicted octanol–water partition coefficient (Wildman–Crippen LogP) is 4.30. The van der Waals surface area contributed by atoms with Gasteiger partial charge in [-0.25, -0.2) is 14.0 Å². The second-order valence-electron chi connectivity index (χ2n) is 11.1. The molecular weight excluding hydrogens is 453 g/mol. The number of fused-ring (bicyclic) bond motifs is 1. The van der Waals surface area contributed by atoms with Crippen molar-refractivity contribution in [1.29, 1.82) is 0 Å². The molecule has 188 valence electrons. The third-order valence-corrected chi connectivity index (χ3v) is 7.11. The molecule has 0 aromatic carbocycles. The fraction of sp³-hybridized carbons (Fsp3) is 0.577. The first-order chi connectivity index (χ1) is 16.5. The van der Waals surface area contributed by atoms with Crippen LogP contribution in [0.4, 0.5) is 14.9 Å². The Hall–Kier alpha value is -3.10. The summed E-state index contributed by atoms with van der Waals surface area (Å²) in [6.45, 7) is 8.37. The Bertz CT molecular complexity index is 1270. The Morgan fingerprint density at radius 1 is 1.14 bits per heavy atom. The van der Waals surface area contributed by atoms with Crippen LogP contribution >= 0.6 is 0 Å². The van der Waals surface area contributed by atoms with Gasteiger partial charge in [0.05, 0.1) is 23.4 Å². The van der Waals surface area contributed by atoms with Crippen LogP contribution in [0.15, 0.2) is 17.1 Å². The van der Waals surface area contributed by atoms with E-state index in [1.807, 2.05) is 30.6 Å². The highest BCUT2D eigenvalue weighted by Crippen LogP contribution is 2.44. The summed E-state index contributed by atoms with van der Waals surface area (Å²) in [5, 5.41) is 9.51. The monoisotopic (exact) mass is 485 g/mol. The summed E-state index contributed by atoms with van der Waals surface area (Å²) in [5.74, 6) is -1.71. The quantitative estimate of drug-likeness (QED) is 0.679. The minimum absolute atomic E-state index is 0.0909. The third kappa shape index (κ3) is 4.36. The van der Waals surface area contributed by atoms with Gasteiger partial charge in [0.1, 0.15) is 11.2 Å². The average Bonchev–Trinajstić information content (AvgIpc) is 3.67. The molecule has 9 heteroatoms. The Morgan fingerprint density at radius 3 is 2.40 bits per heavy atom. The lowest BCUT2D eigenvalue weighted by Gasteiger charge is -2.32. The molecule has 3 aliphatic rings. The zero-order valence-electron chi connectivity index (χ0n) is 20.6. The largest absolute Gasteiger partial charge is 0.477 e. The molecule has 35 heavy (non-hydrogen) atoms. The van der Waals surface area contributed by atoms with Gasteiger partial charge in [-0.2, -0.15) is 0 Å². The number of rotatable bonds is 5. The lowest BCUT2D eigenvalue weighted by atomic mass is 10.0. The summed E-state index contributed by atoms with van der Waals surface area (Å²) in [4.78, 5) is 41.2. The van der Waals surface area contributed by atoms with Gasteiger partial charge in [0.15, 0.2) is 5.82 Å². The van der Waals surface area contributed by atoms with E-state index in [1.54, 1.807) is 6.92 Å². The van der Waals surface area contributed by atoms with Crippen LogP contribution in [0.1, 0.15) is 80.3 Å². The summed E-state index contributed by atoms with van der Waals surface area (Å²) in [5.41, 5.74) is 0.751. The standard InChI is InChI=1S/C26H32FN3O5/c1-14-21-18(15-5-6-15)11-19(24(32)33)23(31)29(21)13-20(27)22(14)28-10-9-17(12-28)30(16-7-8-16)25(34)35-26(2,3)4/h11,13,15-17H,5-10,12H2,1-4H3,(H,32,33)/t17-/m0/s1. The molecule has 0 bridgehead atoms. The highest BCUT2D eigenvalue weighted by molar-refractivity contribution is 5.89. The van der Waals surface area contributed by atoms with Crippen molar-refractivity contribution in [3.05, 3.63) is 45.1 Å². The SMILES string of the molecule is Cc1c(N2CC[C@H](N(C(=O)OC(C)(C)C)C3CC3)C2)c(F)cn2c(=O)c(C(=O)O)cc(C3CC3)c12. The van der Waals surface area contributed by atoms with Crippen LogP contribution in [-0.2, 0) is 4.74 Å². The lowest BCUT2D eigenvalue weighted by Crippen LogP contribution is -2.46. The van der Waals surface area contributed by atoms with Gasteiger partial charge in [-0.1, -0.05) is 0 Å². The van der Waals surface area contributed by atoms with Crippen molar-refractivity contribution in [2.45, 2.75) is 83.4 Å². The number of aryl methyl sites for hydroxylation is 1. The molecule has 2 aromatic heterocycles. The van der Waals surface area contributed by atoms with Crippen molar-refractivity contribution >= 4 is 23.3 Å². The van der Waals surface area contributed by atoms with Crippen molar-refractivity contribution in [3.63, 3.8) is 0 Å². The summed E-state index contributed by atoms with van der Waals surface area (Å²) in [7, 11) is 0. The number of aromatic nitrogens is 1. The maximum atomic E-state index is 15.5. The van der Waals surface area contributed by atoms with E-state index < -0.39 is 22.9 Å². The van der Waals surface area contributed by atoms with E-state index in [9.17, 15) is 19.5 Å². The van der Waals surface area contributed by atoms with Crippen LogP contribution in [0, 0.1) is 12.7 Å². The number of carboxylic acids is 1. The van der Waals surface area contributed by atoms with Crippen LogP contribution in [0.25, 0.3) is 5.52 Å². The van der Waals surface area contributed by atoms with E-state index in [0.717, 1.165) is 41.8 Å². The smallest absolute Gasteiger partial charge is 0.410 e. The highest BCUT2D eigenvalue weighted by Gasteiger charge is 2.43. The number of hydrogen-bond acceptors (Lipinski definition) is 5. The van der Waals surface area contributed by atoms with E-state index in [2.05, 4.69) is 0 Å². The van der Waals surface area contributed by atoms with Crippen molar-refractivity contribution in [2.24, 2.45) is 0 Å². The highest BCUT2D eigenvalue weighted by atomic mass is 19.1. The van der Waals surface area contributed by atoms with Gasteiger partial charge in [-0.05, 0) is 82.9 Å². The molecule has 2 aliphatic carbocycles. The first-order valence-electron chi connectivity index (χ1n) is 12.3. The van der Waals surface area contributed by atoms with Crippen molar-refractivity contribution in [3.8, 4) is 0 Å². The van der Waals surface area contributed by atoms with Crippen LogP contribution in [-0.4, -0.2) is 57.2 Å². The fourth-order valence-electron chi connectivity index (χ4n) is 5.32. The van der Waals surface area contributed by atoms with Crippen LogP contribution < -0.4 is 10.5 Å². The molecule has 1 N–H and O–H groups in total. The summed E-state index contributed by atoms with van der Waals surface area (Å²) >= 11 is 0. The molecule has 3 fully saturated rings. The fourth-order valence-corrected chi connectivity index (χ4v) is 5.32. The zero-order chi connectivity index (χ0) is 25.2. The molecular formula is C26H32FN3O5. The molecule has 1 aliphatic heterocycles.